The number of pyridine rings is 1. The summed E-state index contributed by atoms with van der Waals surface area (Å²) in [7, 11) is 0. The minimum absolute atomic E-state index is 0.0676. The van der Waals surface area contributed by atoms with Gasteiger partial charge in [-0.3, -0.25) is 4.98 Å². The fourth-order valence-electron chi connectivity index (χ4n) is 3.42. The molecule has 32 heavy (non-hydrogen) atoms. The molecule has 166 valence electrons. The Morgan fingerprint density at radius 3 is 2.72 bits per heavy atom. The van der Waals surface area contributed by atoms with Crippen molar-refractivity contribution in [3.05, 3.63) is 65.7 Å². The lowest BCUT2D eigenvalue weighted by Crippen LogP contribution is -2.34. The second kappa shape index (κ2) is 9.59. The van der Waals surface area contributed by atoms with Gasteiger partial charge in [0.25, 0.3) is 0 Å². The molecule has 1 saturated heterocycles. The van der Waals surface area contributed by atoms with Crippen LogP contribution >= 0.6 is 0 Å². The lowest BCUT2D eigenvalue weighted by molar-refractivity contribution is 0.178. The Hall–Kier alpha value is -3.75. The molecule has 0 radical (unpaired) electrons. The lowest BCUT2D eigenvalue weighted by atomic mass is 10.1. The van der Waals surface area contributed by atoms with Gasteiger partial charge in [-0.25, -0.2) is 9.69 Å². The number of hydrogen-bond acceptors (Lipinski definition) is 8. The summed E-state index contributed by atoms with van der Waals surface area (Å²) >= 11 is 0. The van der Waals surface area contributed by atoms with Gasteiger partial charge in [-0.15, -0.1) is 0 Å². The largest absolute Gasteiger partial charge is 0.487 e. The summed E-state index contributed by atoms with van der Waals surface area (Å²) in [5.41, 5.74) is 1.92. The summed E-state index contributed by atoms with van der Waals surface area (Å²) in [6.45, 7) is 6.55. The molecule has 3 heterocycles. The number of rotatable bonds is 8. The van der Waals surface area contributed by atoms with E-state index in [0.29, 0.717) is 30.9 Å². The van der Waals surface area contributed by atoms with Crippen molar-refractivity contribution in [3.63, 3.8) is 0 Å². The molecule has 3 aromatic rings. The highest BCUT2D eigenvalue weighted by Crippen LogP contribution is 2.24. The predicted octanol–water partition coefficient (Wildman–Crippen LogP) is 4.06. The molecule has 1 amide bonds. The molecule has 2 aromatic heterocycles. The molecule has 0 bridgehead atoms. The molecule has 0 spiro atoms. The third-order valence-corrected chi connectivity index (χ3v) is 5.22. The highest BCUT2D eigenvalue weighted by atomic mass is 16.6. The molecule has 0 saturated carbocycles. The van der Waals surface area contributed by atoms with Crippen LogP contribution < -0.4 is 15.0 Å². The van der Waals surface area contributed by atoms with Crippen LogP contribution in [0.5, 0.6) is 5.75 Å². The monoisotopic (exact) mass is 434 g/mol. The Kier molecular flexibility index (Phi) is 6.44. The van der Waals surface area contributed by atoms with E-state index in [4.69, 9.17) is 9.47 Å². The minimum atomic E-state index is -0.428. The first-order chi connectivity index (χ1) is 15.5. The van der Waals surface area contributed by atoms with E-state index in [1.54, 1.807) is 13.1 Å². The average molecular weight is 435 g/mol. The summed E-state index contributed by atoms with van der Waals surface area (Å²) in [4.78, 5) is 31.1. The predicted molar refractivity (Wildman–Crippen MR) is 120 cm³/mol. The third-order valence-electron chi connectivity index (χ3n) is 5.22. The maximum absolute atomic E-state index is 12.2. The smallest absolute Gasteiger partial charge is 0.417 e. The molecular formula is C23H26N6O3. The maximum Gasteiger partial charge on any atom is 0.417 e. The van der Waals surface area contributed by atoms with Crippen LogP contribution in [0.1, 0.15) is 43.4 Å². The van der Waals surface area contributed by atoms with E-state index in [2.05, 4.69) is 25.3 Å². The Balaban J connectivity index is 1.43. The van der Waals surface area contributed by atoms with Crippen molar-refractivity contribution in [1.82, 2.24) is 19.9 Å². The van der Waals surface area contributed by atoms with Crippen molar-refractivity contribution < 1.29 is 14.3 Å². The quantitative estimate of drug-likeness (QED) is 0.566. The van der Waals surface area contributed by atoms with Gasteiger partial charge in [0, 0.05) is 6.20 Å². The Morgan fingerprint density at radius 2 is 2.00 bits per heavy atom. The van der Waals surface area contributed by atoms with Gasteiger partial charge in [0.1, 0.15) is 24.8 Å². The Bertz CT molecular complexity index is 1060. The van der Waals surface area contributed by atoms with E-state index >= 15 is 0 Å². The number of ether oxygens (including phenoxy) is 2. The van der Waals surface area contributed by atoms with Gasteiger partial charge < -0.3 is 14.8 Å². The van der Waals surface area contributed by atoms with Gasteiger partial charge in [-0.1, -0.05) is 25.1 Å². The molecule has 1 fully saturated rings. The number of carbonyl (C=O) groups is 1. The zero-order valence-corrected chi connectivity index (χ0v) is 18.4. The maximum atomic E-state index is 12.2. The zero-order valence-electron chi connectivity index (χ0n) is 18.4. The molecule has 0 aliphatic carbocycles. The van der Waals surface area contributed by atoms with E-state index in [1.165, 1.54) is 4.90 Å². The summed E-state index contributed by atoms with van der Waals surface area (Å²) < 4.78 is 11.0. The standard InChI is InChI=1S/C23H26N6O3/c1-4-19-14-32-23(30)29(19)22-27-16(3)26-21(28-22)25-15(2)17-8-10-20(11-9-17)31-13-18-7-5-6-12-24-18/h5-12,15,19H,4,13-14H2,1-3H3,(H,25,26,27,28). The van der Waals surface area contributed by atoms with Gasteiger partial charge in [0.15, 0.2) is 0 Å². The van der Waals surface area contributed by atoms with Crippen LogP contribution in [0.25, 0.3) is 0 Å². The average Bonchev–Trinajstić information content (AvgIpc) is 3.19. The number of carbonyl (C=O) groups excluding carboxylic acids is 1. The van der Waals surface area contributed by atoms with Crippen LogP contribution in [0.3, 0.4) is 0 Å². The number of amides is 1. The van der Waals surface area contributed by atoms with Gasteiger partial charge in [-0.2, -0.15) is 15.0 Å². The molecule has 9 nitrogen and oxygen atoms in total. The number of nitrogens with one attached hydrogen (secondary N) is 1. The number of hydrogen-bond donors (Lipinski definition) is 1. The zero-order chi connectivity index (χ0) is 22.5. The van der Waals surface area contributed by atoms with Crippen LogP contribution in [0.2, 0.25) is 0 Å². The topological polar surface area (TPSA) is 102 Å². The fourth-order valence-corrected chi connectivity index (χ4v) is 3.42. The molecule has 1 aromatic carbocycles. The molecule has 9 heteroatoms. The third kappa shape index (κ3) is 4.93. The van der Waals surface area contributed by atoms with Crippen LogP contribution in [-0.2, 0) is 11.3 Å². The van der Waals surface area contributed by atoms with Crippen molar-refractivity contribution in [3.8, 4) is 5.75 Å². The van der Waals surface area contributed by atoms with E-state index in [-0.39, 0.29) is 12.1 Å². The minimum Gasteiger partial charge on any atom is -0.487 e. The van der Waals surface area contributed by atoms with E-state index in [1.807, 2.05) is 56.3 Å². The van der Waals surface area contributed by atoms with Crippen LogP contribution in [0.15, 0.2) is 48.7 Å². The van der Waals surface area contributed by atoms with Gasteiger partial charge in [-0.05, 0) is 50.1 Å². The molecule has 1 aliphatic heterocycles. The molecule has 1 N–H and O–H groups in total. The van der Waals surface area contributed by atoms with Crippen LogP contribution in [0, 0.1) is 6.92 Å². The van der Waals surface area contributed by atoms with Gasteiger partial charge in [0.2, 0.25) is 11.9 Å². The summed E-state index contributed by atoms with van der Waals surface area (Å²) in [5, 5.41) is 3.30. The molecule has 2 unspecified atom stereocenters. The van der Waals surface area contributed by atoms with Crippen molar-refractivity contribution in [1.29, 1.82) is 0 Å². The van der Waals surface area contributed by atoms with E-state index in [0.717, 1.165) is 23.4 Å². The normalized spacial score (nSPS) is 16.5. The number of nitrogens with zero attached hydrogens (tertiary/aromatic N) is 5. The number of benzene rings is 1. The summed E-state index contributed by atoms with van der Waals surface area (Å²) in [5.74, 6) is 2.01. The first-order valence-electron chi connectivity index (χ1n) is 10.6. The molecular weight excluding hydrogens is 408 g/mol. The highest BCUT2D eigenvalue weighted by molar-refractivity contribution is 5.88. The van der Waals surface area contributed by atoms with Gasteiger partial charge in [0.05, 0.1) is 17.8 Å². The Morgan fingerprint density at radius 1 is 1.19 bits per heavy atom. The number of aryl methyl sites for hydroxylation is 1. The fraction of sp³-hybridized carbons (Fsp3) is 0.348. The summed E-state index contributed by atoms with van der Waals surface area (Å²) in [6, 6.07) is 13.4. The highest BCUT2D eigenvalue weighted by Gasteiger charge is 2.35. The van der Waals surface area contributed by atoms with Crippen molar-refractivity contribution in [2.45, 2.75) is 45.9 Å². The number of aromatic nitrogens is 4. The Labute approximate surface area is 186 Å². The van der Waals surface area contributed by atoms with Crippen LogP contribution in [0.4, 0.5) is 16.7 Å². The number of cyclic esters (lactones) is 1. The molecule has 2 atom stereocenters. The van der Waals surface area contributed by atoms with Crippen molar-refractivity contribution in [2.24, 2.45) is 0 Å². The SMILES string of the molecule is CCC1COC(=O)N1c1nc(C)nc(NC(C)c2ccc(OCc3ccccn3)cc2)n1. The van der Waals surface area contributed by atoms with Gasteiger partial charge >= 0.3 is 6.09 Å². The first-order valence-corrected chi connectivity index (χ1v) is 10.6. The molecule has 4 rings (SSSR count). The molecule has 1 aliphatic rings. The van der Waals surface area contributed by atoms with Crippen molar-refractivity contribution >= 4 is 18.0 Å². The second-order valence-corrected chi connectivity index (χ2v) is 7.56. The van der Waals surface area contributed by atoms with E-state index < -0.39 is 6.09 Å². The lowest BCUT2D eigenvalue weighted by Gasteiger charge is -2.20. The first kappa shape index (κ1) is 21.5. The van der Waals surface area contributed by atoms with Crippen LogP contribution in [-0.4, -0.2) is 38.7 Å². The number of anilines is 2. The van der Waals surface area contributed by atoms with E-state index in [9.17, 15) is 4.79 Å². The summed E-state index contributed by atoms with van der Waals surface area (Å²) in [6.07, 6.45) is 2.07. The van der Waals surface area contributed by atoms with Crippen molar-refractivity contribution in [2.75, 3.05) is 16.8 Å². The second-order valence-electron chi connectivity index (χ2n) is 7.56.